The zero-order valence-electron chi connectivity index (χ0n) is 5.99. The van der Waals surface area contributed by atoms with E-state index in [1.54, 1.807) is 6.07 Å². The van der Waals surface area contributed by atoms with Gasteiger partial charge in [0.25, 0.3) is 0 Å². The van der Waals surface area contributed by atoms with Crippen molar-refractivity contribution < 1.29 is 4.79 Å². The molecule has 12 heavy (non-hydrogen) atoms. The number of ketones is 1. The summed E-state index contributed by atoms with van der Waals surface area (Å²) >= 11 is 5.62. The lowest BCUT2D eigenvalue weighted by Gasteiger charge is -2.07. The van der Waals surface area contributed by atoms with Gasteiger partial charge in [0, 0.05) is 24.5 Å². The molecule has 1 aromatic heterocycles. The molecule has 0 fully saturated rings. The molecule has 1 aliphatic rings. The van der Waals surface area contributed by atoms with Crippen LogP contribution in [0.4, 0.5) is 5.69 Å². The third kappa shape index (κ3) is 1.08. The molecule has 2 heterocycles. The van der Waals surface area contributed by atoms with Crippen LogP contribution in [0.5, 0.6) is 0 Å². The largest absolute Gasteiger partial charge is 0.289 e. The quantitative estimate of drug-likeness (QED) is 0.569. The molecule has 0 aliphatic carbocycles. The lowest BCUT2D eigenvalue weighted by Crippen LogP contribution is -2.06. The molecule has 1 radical (unpaired) electrons. The van der Waals surface area contributed by atoms with E-state index in [4.69, 9.17) is 11.6 Å². The Bertz CT molecular complexity index is 373. The van der Waals surface area contributed by atoms with Gasteiger partial charge in [-0.25, -0.2) is 4.98 Å². The monoisotopic (exact) mass is 179 g/mol. The maximum atomic E-state index is 11.2. The van der Waals surface area contributed by atoms with E-state index >= 15 is 0 Å². The third-order valence-electron chi connectivity index (χ3n) is 1.55. The van der Waals surface area contributed by atoms with Crippen molar-refractivity contribution in [3.8, 4) is 0 Å². The van der Waals surface area contributed by atoms with Crippen molar-refractivity contribution in [3.63, 3.8) is 0 Å². The Kier molecular flexibility index (Phi) is 1.59. The van der Waals surface area contributed by atoms with E-state index in [1.165, 1.54) is 18.5 Å². The number of allylic oxidation sites excluding steroid dienone is 1. The van der Waals surface area contributed by atoms with Gasteiger partial charge in [-0.3, -0.25) is 10.1 Å². The maximum absolute atomic E-state index is 11.2. The zero-order chi connectivity index (χ0) is 8.55. The summed E-state index contributed by atoms with van der Waals surface area (Å²) in [5, 5.41) is 4.33. The van der Waals surface area contributed by atoms with Crippen LogP contribution >= 0.6 is 11.6 Å². The minimum absolute atomic E-state index is 0.0795. The summed E-state index contributed by atoms with van der Waals surface area (Å²) in [6.07, 6.45) is 4.30. The summed E-state index contributed by atoms with van der Waals surface area (Å²) in [6.45, 7) is 0. The fraction of sp³-hybridized carbons (Fsp3) is 0. The lowest BCUT2D eigenvalue weighted by atomic mass is 10.1. The highest BCUT2D eigenvalue weighted by molar-refractivity contribution is 6.29. The Morgan fingerprint density at radius 1 is 1.42 bits per heavy atom. The van der Waals surface area contributed by atoms with Gasteiger partial charge < -0.3 is 0 Å². The molecular formula is C8H4ClN2O. The third-order valence-corrected chi connectivity index (χ3v) is 1.76. The van der Waals surface area contributed by atoms with Crippen molar-refractivity contribution in [3.05, 3.63) is 35.3 Å². The average Bonchev–Trinajstić information content (AvgIpc) is 2.04. The molecule has 0 saturated carbocycles. The highest BCUT2D eigenvalue weighted by Gasteiger charge is 2.13. The summed E-state index contributed by atoms with van der Waals surface area (Å²) < 4.78 is 0. The predicted molar refractivity (Wildman–Crippen MR) is 44.5 cm³/mol. The molecule has 0 N–H and O–H groups in total. The first kappa shape index (κ1) is 7.31. The van der Waals surface area contributed by atoms with Gasteiger partial charge in [0.05, 0.1) is 11.3 Å². The number of hydrogen-bond donors (Lipinski definition) is 0. The second-order valence-corrected chi connectivity index (χ2v) is 2.72. The molecule has 1 aliphatic heterocycles. The van der Waals surface area contributed by atoms with Crippen LogP contribution in [0, 0.1) is 0 Å². The molecule has 0 unspecified atom stereocenters. The normalized spacial score (nSPS) is 13.9. The summed E-state index contributed by atoms with van der Waals surface area (Å²) in [7, 11) is 0. The van der Waals surface area contributed by atoms with Crippen LogP contribution in [0.15, 0.2) is 24.5 Å². The van der Waals surface area contributed by atoms with Crippen molar-refractivity contribution in [2.45, 2.75) is 0 Å². The second-order valence-electron chi connectivity index (χ2n) is 2.33. The van der Waals surface area contributed by atoms with Gasteiger partial charge in [-0.15, -0.1) is 0 Å². The van der Waals surface area contributed by atoms with E-state index in [9.17, 15) is 4.79 Å². The van der Waals surface area contributed by atoms with E-state index < -0.39 is 0 Å². The molecule has 0 amide bonds. The average molecular weight is 180 g/mol. The molecule has 0 aromatic carbocycles. The molecular weight excluding hydrogens is 176 g/mol. The Morgan fingerprint density at radius 2 is 2.25 bits per heavy atom. The van der Waals surface area contributed by atoms with Gasteiger partial charge in [-0.1, -0.05) is 11.6 Å². The van der Waals surface area contributed by atoms with Crippen molar-refractivity contribution in [2.24, 2.45) is 0 Å². The number of aromatic nitrogens is 1. The topological polar surface area (TPSA) is 44.1 Å². The van der Waals surface area contributed by atoms with Crippen molar-refractivity contribution in [2.75, 3.05) is 0 Å². The van der Waals surface area contributed by atoms with Gasteiger partial charge in [-0.2, -0.15) is 0 Å². The van der Waals surface area contributed by atoms with Gasteiger partial charge in [-0.05, 0) is 0 Å². The van der Waals surface area contributed by atoms with E-state index in [1.807, 2.05) is 0 Å². The maximum Gasteiger partial charge on any atom is 0.191 e. The molecule has 59 valence electrons. The van der Waals surface area contributed by atoms with Crippen LogP contribution in [-0.2, 0) is 0 Å². The van der Waals surface area contributed by atoms with E-state index in [0.29, 0.717) is 16.4 Å². The Morgan fingerprint density at radius 3 is 3.08 bits per heavy atom. The zero-order valence-corrected chi connectivity index (χ0v) is 6.75. The van der Waals surface area contributed by atoms with Crippen molar-refractivity contribution in [1.82, 2.24) is 10.3 Å². The summed E-state index contributed by atoms with van der Waals surface area (Å²) in [5.41, 5.74) is 1.09. The fourth-order valence-electron chi connectivity index (χ4n) is 0.992. The highest BCUT2D eigenvalue weighted by Crippen LogP contribution is 2.22. The van der Waals surface area contributed by atoms with E-state index in [2.05, 4.69) is 10.3 Å². The molecule has 1 aromatic rings. The predicted octanol–water partition coefficient (Wildman–Crippen LogP) is 1.68. The van der Waals surface area contributed by atoms with Crippen LogP contribution in [0.25, 0.3) is 0 Å². The number of pyridine rings is 1. The van der Waals surface area contributed by atoms with Crippen LogP contribution in [0.1, 0.15) is 10.4 Å². The smallest absolute Gasteiger partial charge is 0.191 e. The van der Waals surface area contributed by atoms with Gasteiger partial charge in [0.15, 0.2) is 5.78 Å². The Balaban J connectivity index is 2.58. The number of fused-ring (bicyclic) bond motifs is 1. The molecule has 0 atom stereocenters. The molecule has 0 saturated heterocycles. The first-order chi connectivity index (χ1) is 5.77. The molecule has 0 bridgehead atoms. The number of rotatable bonds is 0. The second kappa shape index (κ2) is 2.60. The van der Waals surface area contributed by atoms with Crippen molar-refractivity contribution >= 4 is 23.1 Å². The first-order valence-corrected chi connectivity index (χ1v) is 3.72. The van der Waals surface area contributed by atoms with Crippen molar-refractivity contribution in [1.29, 1.82) is 0 Å². The van der Waals surface area contributed by atoms with Gasteiger partial charge in [0.2, 0.25) is 0 Å². The summed E-state index contributed by atoms with van der Waals surface area (Å²) in [4.78, 5) is 15.0. The number of carbonyl (C=O) groups excluding carboxylic acids is 1. The summed E-state index contributed by atoms with van der Waals surface area (Å²) in [6, 6.07) is 1.57. The Hall–Kier alpha value is -1.35. The standard InChI is InChI=1S/C8H4ClN2O/c9-8-3-6-5(4-11-8)7(12)1-2-10-6/h1-4H. The molecule has 3 nitrogen and oxygen atoms in total. The van der Waals surface area contributed by atoms with Crippen LogP contribution in [0.2, 0.25) is 5.15 Å². The van der Waals surface area contributed by atoms with Crippen LogP contribution in [-0.4, -0.2) is 10.8 Å². The number of nitrogens with zero attached hydrogens (tertiary/aromatic N) is 2. The molecule has 0 spiro atoms. The lowest BCUT2D eigenvalue weighted by molar-refractivity contribution is 0.104. The minimum atomic E-state index is -0.0795. The fourth-order valence-corrected chi connectivity index (χ4v) is 1.14. The number of halogens is 1. The highest BCUT2D eigenvalue weighted by atomic mass is 35.5. The van der Waals surface area contributed by atoms with Gasteiger partial charge in [0.1, 0.15) is 5.15 Å². The van der Waals surface area contributed by atoms with E-state index in [0.717, 1.165) is 0 Å². The van der Waals surface area contributed by atoms with Crippen LogP contribution in [0.3, 0.4) is 0 Å². The number of hydrogen-bond acceptors (Lipinski definition) is 2. The SMILES string of the molecule is O=C1C=C[N]c2cc(Cl)ncc21. The first-order valence-electron chi connectivity index (χ1n) is 3.34. The number of carbonyl (C=O) groups is 1. The van der Waals surface area contributed by atoms with E-state index in [-0.39, 0.29) is 5.78 Å². The van der Waals surface area contributed by atoms with Crippen LogP contribution < -0.4 is 5.32 Å². The Labute approximate surface area is 74.1 Å². The molecule has 4 heteroatoms. The summed E-state index contributed by atoms with van der Waals surface area (Å²) in [5.74, 6) is -0.0795. The molecule has 2 rings (SSSR count). The minimum Gasteiger partial charge on any atom is -0.289 e. The van der Waals surface area contributed by atoms with Gasteiger partial charge >= 0.3 is 0 Å².